The van der Waals surface area contributed by atoms with Crippen molar-refractivity contribution >= 4 is 5.97 Å². The molecule has 4 heteroatoms. The van der Waals surface area contributed by atoms with Gasteiger partial charge in [-0.1, -0.05) is 73.6 Å². The van der Waals surface area contributed by atoms with Crippen LogP contribution in [-0.4, -0.2) is 31.1 Å². The van der Waals surface area contributed by atoms with E-state index in [0.717, 1.165) is 38.5 Å². The van der Waals surface area contributed by atoms with Crippen molar-refractivity contribution in [1.82, 2.24) is 0 Å². The average Bonchev–Trinajstić information content (AvgIpc) is 2.78. The minimum Gasteiger partial charge on any atom is -0.465 e. The van der Waals surface area contributed by atoms with Gasteiger partial charge in [-0.25, -0.2) is 4.79 Å². The van der Waals surface area contributed by atoms with Gasteiger partial charge >= 0.3 is 5.97 Å². The molecular formula is C29H52O4. The standard InChI is InChI=1S/C29H52O4/c1-19(2)24-15-13-21(5)17-26(24)32-29(28(30)31-7,23-11-9-8-10-12-23)33-27-18-22(6)14-16-25(27)20(3)4/h19-27H,8-18H2,1-7H3/t21-,22-,24+,25+,26-,27-/m1/s1. The molecule has 0 aromatic carbocycles. The highest BCUT2D eigenvalue weighted by molar-refractivity contribution is 5.78. The number of hydrogen-bond acceptors (Lipinski definition) is 4. The molecule has 0 aromatic rings. The van der Waals surface area contributed by atoms with Crippen LogP contribution in [0.3, 0.4) is 0 Å². The van der Waals surface area contributed by atoms with Gasteiger partial charge in [-0.2, -0.15) is 0 Å². The summed E-state index contributed by atoms with van der Waals surface area (Å²) in [7, 11) is 1.51. The number of methoxy groups -OCH3 is 1. The Hall–Kier alpha value is -0.610. The van der Waals surface area contributed by atoms with E-state index in [2.05, 4.69) is 41.5 Å². The SMILES string of the molecule is COC(=O)C(O[C@@H]1C[C@H](C)CC[C@H]1C(C)C)(O[C@@H]1C[C@H](C)CC[C@H]1C(C)C)C1CCCCC1. The van der Waals surface area contributed by atoms with E-state index in [1.165, 1.54) is 39.2 Å². The quantitative estimate of drug-likeness (QED) is 0.277. The summed E-state index contributed by atoms with van der Waals surface area (Å²) in [6.45, 7) is 13.9. The first-order valence-electron chi connectivity index (χ1n) is 14.1. The summed E-state index contributed by atoms with van der Waals surface area (Å²) in [6.07, 6.45) is 12.4. The number of ether oxygens (including phenoxy) is 3. The summed E-state index contributed by atoms with van der Waals surface area (Å²) in [5.41, 5.74) is 0. The van der Waals surface area contributed by atoms with Crippen molar-refractivity contribution in [2.45, 2.75) is 130 Å². The highest BCUT2D eigenvalue weighted by Crippen LogP contribution is 2.46. The Kier molecular flexibility index (Phi) is 9.72. The molecule has 3 aliphatic rings. The van der Waals surface area contributed by atoms with Crippen molar-refractivity contribution in [1.29, 1.82) is 0 Å². The van der Waals surface area contributed by atoms with Crippen molar-refractivity contribution in [3.05, 3.63) is 0 Å². The Balaban J connectivity index is 1.99. The van der Waals surface area contributed by atoms with Gasteiger partial charge in [0, 0.05) is 5.92 Å². The van der Waals surface area contributed by atoms with E-state index < -0.39 is 5.79 Å². The Morgan fingerprint density at radius 1 is 0.727 bits per heavy atom. The minimum absolute atomic E-state index is 0.0493. The third kappa shape index (κ3) is 6.34. The molecule has 3 aliphatic carbocycles. The van der Waals surface area contributed by atoms with Crippen LogP contribution in [0, 0.1) is 41.4 Å². The zero-order chi connectivity index (χ0) is 24.2. The van der Waals surface area contributed by atoms with Gasteiger partial charge in [0.25, 0.3) is 5.79 Å². The minimum atomic E-state index is -1.26. The van der Waals surface area contributed by atoms with Gasteiger partial charge in [0.05, 0.1) is 19.3 Å². The first-order chi connectivity index (χ1) is 15.7. The zero-order valence-corrected chi connectivity index (χ0v) is 22.6. The van der Waals surface area contributed by atoms with E-state index >= 15 is 0 Å². The molecule has 33 heavy (non-hydrogen) atoms. The molecule has 6 atom stereocenters. The highest BCUT2D eigenvalue weighted by atomic mass is 16.7. The van der Waals surface area contributed by atoms with Gasteiger partial charge in [-0.15, -0.1) is 0 Å². The van der Waals surface area contributed by atoms with Gasteiger partial charge in [-0.3, -0.25) is 0 Å². The number of rotatable bonds is 8. The van der Waals surface area contributed by atoms with E-state index in [1.807, 2.05) is 0 Å². The molecule has 0 radical (unpaired) electrons. The monoisotopic (exact) mass is 464 g/mol. The molecule has 0 aliphatic heterocycles. The molecule has 3 saturated carbocycles. The lowest BCUT2D eigenvalue weighted by Crippen LogP contribution is -2.58. The van der Waals surface area contributed by atoms with Crippen LogP contribution in [0.2, 0.25) is 0 Å². The molecular weight excluding hydrogens is 412 g/mol. The van der Waals surface area contributed by atoms with Crippen LogP contribution in [0.4, 0.5) is 0 Å². The molecule has 0 heterocycles. The van der Waals surface area contributed by atoms with E-state index in [9.17, 15) is 4.79 Å². The molecule has 0 spiro atoms. The predicted molar refractivity (Wildman–Crippen MR) is 134 cm³/mol. The summed E-state index contributed by atoms with van der Waals surface area (Å²) in [4.78, 5) is 13.7. The van der Waals surface area contributed by atoms with Crippen molar-refractivity contribution < 1.29 is 19.0 Å². The lowest BCUT2D eigenvalue weighted by Gasteiger charge is -2.49. The first kappa shape index (κ1) is 27.0. The van der Waals surface area contributed by atoms with Crippen molar-refractivity contribution in [3.63, 3.8) is 0 Å². The van der Waals surface area contributed by atoms with E-state index in [1.54, 1.807) is 0 Å². The van der Waals surface area contributed by atoms with Crippen LogP contribution in [-0.2, 0) is 19.0 Å². The third-order valence-electron chi connectivity index (χ3n) is 9.19. The Labute approximate surface area is 203 Å². The van der Waals surface area contributed by atoms with Crippen molar-refractivity contribution in [3.8, 4) is 0 Å². The van der Waals surface area contributed by atoms with Crippen LogP contribution < -0.4 is 0 Å². The molecule has 0 aromatic heterocycles. The Morgan fingerprint density at radius 3 is 1.58 bits per heavy atom. The fraction of sp³-hybridized carbons (Fsp3) is 0.966. The Morgan fingerprint density at radius 2 is 1.18 bits per heavy atom. The smallest absolute Gasteiger partial charge is 0.366 e. The fourth-order valence-corrected chi connectivity index (χ4v) is 7.06. The van der Waals surface area contributed by atoms with Crippen LogP contribution >= 0.6 is 0 Å². The van der Waals surface area contributed by atoms with Crippen molar-refractivity contribution in [2.75, 3.05) is 7.11 Å². The largest absolute Gasteiger partial charge is 0.465 e. The second-order valence-corrected chi connectivity index (χ2v) is 12.5. The molecule has 0 N–H and O–H groups in total. The maximum Gasteiger partial charge on any atom is 0.366 e. The molecule has 3 rings (SSSR count). The number of carbonyl (C=O) groups excluding carboxylic acids is 1. The van der Waals surface area contributed by atoms with Crippen molar-refractivity contribution in [2.24, 2.45) is 41.4 Å². The normalized spacial score (nSPS) is 34.6. The summed E-state index contributed by atoms with van der Waals surface area (Å²) in [6, 6.07) is 0. The highest BCUT2D eigenvalue weighted by Gasteiger charge is 2.55. The maximum atomic E-state index is 13.7. The van der Waals surface area contributed by atoms with E-state index in [4.69, 9.17) is 14.2 Å². The lowest BCUT2D eigenvalue weighted by atomic mass is 9.74. The zero-order valence-electron chi connectivity index (χ0n) is 22.6. The van der Waals surface area contributed by atoms with E-state index in [-0.39, 0.29) is 24.1 Å². The summed E-state index contributed by atoms with van der Waals surface area (Å²) in [5, 5.41) is 0. The summed E-state index contributed by atoms with van der Waals surface area (Å²) in [5.74, 6) is 1.73. The average molecular weight is 465 g/mol. The molecule has 0 bridgehead atoms. The van der Waals surface area contributed by atoms with Crippen LogP contribution in [0.1, 0.15) is 112 Å². The van der Waals surface area contributed by atoms with Gasteiger partial charge in [0.15, 0.2) is 0 Å². The molecule has 192 valence electrons. The summed E-state index contributed by atoms with van der Waals surface area (Å²) < 4.78 is 19.7. The van der Waals surface area contributed by atoms with Gasteiger partial charge in [0.1, 0.15) is 0 Å². The second kappa shape index (κ2) is 11.9. The van der Waals surface area contributed by atoms with Crippen LogP contribution in [0.15, 0.2) is 0 Å². The topological polar surface area (TPSA) is 44.8 Å². The molecule has 4 nitrogen and oxygen atoms in total. The van der Waals surface area contributed by atoms with Crippen LogP contribution in [0.5, 0.6) is 0 Å². The second-order valence-electron chi connectivity index (χ2n) is 12.5. The molecule has 0 unspecified atom stereocenters. The Bertz CT molecular complexity index is 575. The van der Waals surface area contributed by atoms with Gasteiger partial charge in [-0.05, 0) is 74.0 Å². The number of hydrogen-bond donors (Lipinski definition) is 0. The van der Waals surface area contributed by atoms with E-state index in [0.29, 0.717) is 35.5 Å². The van der Waals surface area contributed by atoms with Gasteiger partial charge < -0.3 is 14.2 Å². The molecule has 3 fully saturated rings. The maximum absolute atomic E-state index is 13.7. The lowest BCUT2D eigenvalue weighted by molar-refractivity contribution is -0.321. The third-order valence-corrected chi connectivity index (χ3v) is 9.19. The van der Waals surface area contributed by atoms with Gasteiger partial charge in [0.2, 0.25) is 0 Å². The number of esters is 1. The number of carbonyl (C=O) groups is 1. The summed E-state index contributed by atoms with van der Waals surface area (Å²) >= 11 is 0. The van der Waals surface area contributed by atoms with Crippen LogP contribution in [0.25, 0.3) is 0 Å². The first-order valence-corrected chi connectivity index (χ1v) is 14.1. The fourth-order valence-electron chi connectivity index (χ4n) is 7.06. The predicted octanol–water partition coefficient (Wildman–Crippen LogP) is 7.39. The molecule has 0 saturated heterocycles. The molecule has 0 amide bonds.